The Kier molecular flexibility index (Phi) is 1.81. The van der Waals surface area contributed by atoms with Gasteiger partial charge in [-0.25, -0.2) is 0 Å². The van der Waals surface area contributed by atoms with E-state index in [0.717, 1.165) is 11.3 Å². The van der Waals surface area contributed by atoms with Crippen LogP contribution in [0.1, 0.15) is 6.92 Å². The zero-order valence-electron chi connectivity index (χ0n) is 6.75. The molecular formula is C10H9ClO. The van der Waals surface area contributed by atoms with E-state index in [1.807, 2.05) is 18.2 Å². The molecule has 0 fully saturated rings. The van der Waals surface area contributed by atoms with Crippen molar-refractivity contribution in [3.05, 3.63) is 46.9 Å². The predicted molar refractivity (Wildman–Crippen MR) is 49.5 cm³/mol. The van der Waals surface area contributed by atoms with Crippen molar-refractivity contribution in [2.24, 2.45) is 5.92 Å². The van der Waals surface area contributed by atoms with Crippen molar-refractivity contribution in [3.8, 4) is 0 Å². The van der Waals surface area contributed by atoms with E-state index in [-0.39, 0.29) is 0 Å². The van der Waals surface area contributed by atoms with Crippen LogP contribution in [0.15, 0.2) is 46.9 Å². The van der Waals surface area contributed by atoms with Gasteiger partial charge in [-0.3, -0.25) is 0 Å². The van der Waals surface area contributed by atoms with Gasteiger partial charge >= 0.3 is 0 Å². The second-order valence-corrected chi connectivity index (χ2v) is 3.30. The van der Waals surface area contributed by atoms with Gasteiger partial charge in [0.1, 0.15) is 5.76 Å². The van der Waals surface area contributed by atoms with E-state index in [1.165, 1.54) is 0 Å². The quantitative estimate of drug-likeness (QED) is 0.557. The van der Waals surface area contributed by atoms with Crippen molar-refractivity contribution in [1.29, 1.82) is 0 Å². The van der Waals surface area contributed by atoms with Crippen molar-refractivity contribution in [3.63, 3.8) is 0 Å². The molecule has 0 saturated carbocycles. The first kappa shape index (κ1) is 7.69. The van der Waals surface area contributed by atoms with Crippen LogP contribution in [0.5, 0.6) is 0 Å². The number of hydrogen-bond acceptors (Lipinski definition) is 1. The maximum atomic E-state index is 5.95. The molecule has 0 N–H and O–H groups in total. The Morgan fingerprint density at radius 2 is 2.33 bits per heavy atom. The highest BCUT2D eigenvalue weighted by atomic mass is 35.5. The van der Waals surface area contributed by atoms with E-state index in [9.17, 15) is 0 Å². The summed E-state index contributed by atoms with van der Waals surface area (Å²) < 4.78 is 5.31. The Hall–Kier alpha value is -0.950. The van der Waals surface area contributed by atoms with E-state index < -0.39 is 0 Å². The van der Waals surface area contributed by atoms with E-state index in [2.05, 4.69) is 13.0 Å². The van der Waals surface area contributed by atoms with Crippen molar-refractivity contribution in [2.75, 3.05) is 0 Å². The summed E-state index contributed by atoms with van der Waals surface area (Å²) in [7, 11) is 0. The lowest BCUT2D eigenvalue weighted by Gasteiger charge is -2.21. The van der Waals surface area contributed by atoms with Crippen molar-refractivity contribution in [1.82, 2.24) is 0 Å². The van der Waals surface area contributed by atoms with Crippen LogP contribution >= 0.6 is 11.6 Å². The third kappa shape index (κ3) is 1.10. The third-order valence-electron chi connectivity index (χ3n) is 2.04. The summed E-state index contributed by atoms with van der Waals surface area (Å²) in [5.74, 6) is 1.20. The highest BCUT2D eigenvalue weighted by molar-refractivity contribution is 6.31. The number of fused-ring (bicyclic) bond motifs is 1. The molecule has 1 unspecified atom stereocenters. The van der Waals surface area contributed by atoms with Gasteiger partial charge in [-0.1, -0.05) is 30.7 Å². The third-order valence-corrected chi connectivity index (χ3v) is 2.34. The highest BCUT2D eigenvalue weighted by Gasteiger charge is 2.20. The first-order valence-corrected chi connectivity index (χ1v) is 4.28. The topological polar surface area (TPSA) is 9.23 Å². The molecule has 12 heavy (non-hydrogen) atoms. The molecule has 0 aromatic rings. The summed E-state index contributed by atoms with van der Waals surface area (Å²) in [5.41, 5.74) is 1.16. The van der Waals surface area contributed by atoms with Gasteiger partial charge in [-0.15, -0.1) is 0 Å². The maximum Gasteiger partial charge on any atom is 0.148 e. The minimum Gasteiger partial charge on any atom is -0.463 e. The maximum absolute atomic E-state index is 5.95. The van der Waals surface area contributed by atoms with Gasteiger partial charge in [0.2, 0.25) is 0 Å². The molecular weight excluding hydrogens is 172 g/mol. The summed E-state index contributed by atoms with van der Waals surface area (Å²) in [6.45, 7) is 2.12. The molecule has 0 aromatic carbocycles. The van der Waals surface area contributed by atoms with E-state index in [0.29, 0.717) is 11.0 Å². The molecule has 0 radical (unpaired) electrons. The molecule has 62 valence electrons. The smallest absolute Gasteiger partial charge is 0.148 e. The zero-order chi connectivity index (χ0) is 8.55. The van der Waals surface area contributed by atoms with Crippen LogP contribution in [0.2, 0.25) is 0 Å². The first-order valence-electron chi connectivity index (χ1n) is 3.91. The van der Waals surface area contributed by atoms with Gasteiger partial charge < -0.3 is 4.74 Å². The monoisotopic (exact) mass is 180 g/mol. The van der Waals surface area contributed by atoms with Crippen LogP contribution in [0, 0.1) is 5.92 Å². The molecule has 0 amide bonds. The summed E-state index contributed by atoms with van der Waals surface area (Å²) in [5, 5.41) is 0.684. The van der Waals surface area contributed by atoms with E-state index >= 15 is 0 Å². The molecule has 0 aromatic heterocycles. The number of rotatable bonds is 0. The normalized spacial score (nSPS) is 26.5. The summed E-state index contributed by atoms with van der Waals surface area (Å²) in [6, 6.07) is 0. The van der Waals surface area contributed by atoms with Crippen molar-refractivity contribution >= 4 is 11.6 Å². The molecule has 1 atom stereocenters. The molecule has 2 aliphatic rings. The largest absolute Gasteiger partial charge is 0.463 e. The lowest BCUT2D eigenvalue weighted by Crippen LogP contribution is -2.08. The van der Waals surface area contributed by atoms with Crippen LogP contribution in [-0.2, 0) is 4.74 Å². The molecule has 0 spiro atoms. The Morgan fingerprint density at radius 1 is 1.50 bits per heavy atom. The van der Waals surface area contributed by atoms with Gasteiger partial charge in [-0.05, 0) is 12.2 Å². The molecule has 1 nitrogen and oxygen atoms in total. The lowest BCUT2D eigenvalue weighted by molar-refractivity contribution is 0.346. The number of allylic oxidation sites excluding steroid dienone is 6. The van der Waals surface area contributed by atoms with Gasteiger partial charge in [-0.2, -0.15) is 0 Å². The van der Waals surface area contributed by atoms with Gasteiger partial charge in [0.15, 0.2) is 0 Å². The van der Waals surface area contributed by atoms with Crippen molar-refractivity contribution < 1.29 is 4.74 Å². The molecule has 0 saturated heterocycles. The molecule has 2 rings (SSSR count). The molecule has 2 heteroatoms. The summed E-state index contributed by atoms with van der Waals surface area (Å²) >= 11 is 5.95. The van der Waals surface area contributed by atoms with Crippen LogP contribution in [0.3, 0.4) is 0 Å². The fraction of sp³-hybridized carbons (Fsp3) is 0.200. The SMILES string of the molecule is CC1C=CC(Cl)=C2OC=CC=C21. The Morgan fingerprint density at radius 3 is 3.08 bits per heavy atom. The van der Waals surface area contributed by atoms with Crippen LogP contribution in [-0.4, -0.2) is 0 Å². The molecule has 1 heterocycles. The molecule has 1 aliphatic heterocycles. The van der Waals surface area contributed by atoms with Gasteiger partial charge in [0, 0.05) is 11.5 Å². The first-order chi connectivity index (χ1) is 5.79. The number of ether oxygens (including phenoxy) is 1. The van der Waals surface area contributed by atoms with Crippen molar-refractivity contribution in [2.45, 2.75) is 6.92 Å². The predicted octanol–water partition coefficient (Wildman–Crippen LogP) is 3.11. The number of hydrogen-bond donors (Lipinski definition) is 0. The summed E-state index contributed by atoms with van der Waals surface area (Å²) in [6.07, 6.45) is 9.53. The average molecular weight is 181 g/mol. The summed E-state index contributed by atoms with van der Waals surface area (Å²) in [4.78, 5) is 0. The minimum atomic E-state index is 0.396. The van der Waals surface area contributed by atoms with E-state index in [1.54, 1.807) is 6.26 Å². The fourth-order valence-electron chi connectivity index (χ4n) is 1.35. The second-order valence-electron chi connectivity index (χ2n) is 2.89. The van der Waals surface area contributed by atoms with Crippen LogP contribution in [0.4, 0.5) is 0 Å². The second kappa shape index (κ2) is 2.83. The minimum absolute atomic E-state index is 0.396. The van der Waals surface area contributed by atoms with Crippen LogP contribution < -0.4 is 0 Å². The Bertz CT molecular complexity index is 321. The standard InChI is InChI=1S/C10H9ClO/c1-7-4-5-9(11)10-8(7)3-2-6-12-10/h2-7H,1H3. The number of halogens is 1. The zero-order valence-corrected chi connectivity index (χ0v) is 7.51. The van der Waals surface area contributed by atoms with Crippen LogP contribution in [0.25, 0.3) is 0 Å². The molecule has 1 aliphatic carbocycles. The lowest BCUT2D eigenvalue weighted by atomic mass is 9.93. The van der Waals surface area contributed by atoms with Gasteiger partial charge in [0.05, 0.1) is 11.3 Å². The highest BCUT2D eigenvalue weighted by Crippen LogP contribution is 2.33. The fourth-order valence-corrected chi connectivity index (χ4v) is 1.58. The average Bonchev–Trinajstić information content (AvgIpc) is 2.12. The Balaban J connectivity index is 2.48. The van der Waals surface area contributed by atoms with Gasteiger partial charge in [0.25, 0.3) is 0 Å². The van der Waals surface area contributed by atoms with E-state index in [4.69, 9.17) is 16.3 Å². The molecule has 0 bridgehead atoms. The Labute approximate surface area is 76.7 Å².